The molecule has 0 radical (unpaired) electrons. The summed E-state index contributed by atoms with van der Waals surface area (Å²) in [6, 6.07) is 8.58. The van der Waals surface area contributed by atoms with Crippen LogP contribution in [0.15, 0.2) is 34.9 Å². The first-order valence-corrected chi connectivity index (χ1v) is 8.89. The van der Waals surface area contributed by atoms with Gasteiger partial charge in [-0.05, 0) is 37.5 Å². The van der Waals surface area contributed by atoms with Crippen LogP contribution in [0, 0.1) is 6.92 Å². The Kier molecular flexibility index (Phi) is 5.78. The van der Waals surface area contributed by atoms with Crippen molar-refractivity contribution in [2.24, 2.45) is 0 Å². The van der Waals surface area contributed by atoms with Crippen LogP contribution >= 0.6 is 11.6 Å². The molecule has 1 aromatic carbocycles. The van der Waals surface area contributed by atoms with Gasteiger partial charge in [0.2, 0.25) is 5.91 Å². The number of nitrogens with one attached hydrogen (secondary N) is 2. The maximum Gasteiger partial charge on any atom is 0.315 e. The van der Waals surface area contributed by atoms with Crippen LogP contribution in [0.2, 0.25) is 5.02 Å². The summed E-state index contributed by atoms with van der Waals surface area (Å²) in [5.41, 5.74) is 1.69. The number of amides is 3. The monoisotopic (exact) mass is 376 g/mol. The number of rotatable bonds is 5. The number of carbonyl (C=O) groups is 2. The molecule has 1 fully saturated rings. The lowest BCUT2D eigenvalue weighted by Crippen LogP contribution is -2.43. The van der Waals surface area contributed by atoms with Crippen molar-refractivity contribution in [3.63, 3.8) is 0 Å². The van der Waals surface area contributed by atoms with Crippen molar-refractivity contribution in [1.29, 1.82) is 0 Å². The molecule has 1 atom stereocenters. The molecule has 2 heterocycles. The van der Waals surface area contributed by atoms with Gasteiger partial charge in [0.1, 0.15) is 11.5 Å². The van der Waals surface area contributed by atoms with E-state index in [4.69, 9.17) is 16.1 Å². The van der Waals surface area contributed by atoms with Gasteiger partial charge in [0.05, 0.1) is 12.6 Å². The van der Waals surface area contributed by atoms with E-state index in [1.54, 1.807) is 17.0 Å². The molecule has 2 aromatic rings. The van der Waals surface area contributed by atoms with Gasteiger partial charge in [-0.1, -0.05) is 28.9 Å². The van der Waals surface area contributed by atoms with Crippen molar-refractivity contribution in [3.05, 3.63) is 52.4 Å². The molecule has 26 heavy (non-hydrogen) atoms. The van der Waals surface area contributed by atoms with Crippen molar-refractivity contribution >= 4 is 23.5 Å². The number of aromatic nitrogens is 1. The first-order chi connectivity index (χ1) is 12.5. The molecule has 3 rings (SSSR count). The molecular weight excluding hydrogens is 356 g/mol. The Hall–Kier alpha value is -2.54. The highest BCUT2D eigenvalue weighted by molar-refractivity contribution is 6.30. The Labute approximate surface area is 156 Å². The third-order valence-electron chi connectivity index (χ3n) is 4.33. The normalized spacial score (nSPS) is 16.5. The van der Waals surface area contributed by atoms with Gasteiger partial charge in [-0.15, -0.1) is 0 Å². The van der Waals surface area contributed by atoms with Crippen LogP contribution in [0.4, 0.5) is 4.79 Å². The minimum Gasteiger partial charge on any atom is -0.361 e. The molecule has 1 saturated heterocycles. The summed E-state index contributed by atoms with van der Waals surface area (Å²) in [4.78, 5) is 26.1. The standard InChI is InChI=1S/C18H21ClN4O3/c1-12-9-15(22-26-12)16-3-2-8-23(16)17(24)11-21-18(25)20-10-13-4-6-14(19)7-5-13/h4-7,9,16H,2-3,8,10-11H2,1H3,(H2,20,21,25). The maximum atomic E-state index is 12.5. The fourth-order valence-corrected chi connectivity index (χ4v) is 3.15. The molecule has 138 valence electrons. The lowest BCUT2D eigenvalue weighted by atomic mass is 10.1. The molecule has 1 unspecified atom stereocenters. The van der Waals surface area contributed by atoms with Gasteiger partial charge >= 0.3 is 6.03 Å². The lowest BCUT2D eigenvalue weighted by Gasteiger charge is -2.23. The number of benzene rings is 1. The van der Waals surface area contributed by atoms with Crippen LogP contribution < -0.4 is 10.6 Å². The molecule has 0 bridgehead atoms. The SMILES string of the molecule is Cc1cc(C2CCCN2C(=O)CNC(=O)NCc2ccc(Cl)cc2)no1. The second-order valence-corrected chi connectivity index (χ2v) is 6.71. The summed E-state index contributed by atoms with van der Waals surface area (Å²) in [7, 11) is 0. The van der Waals surface area contributed by atoms with Crippen molar-refractivity contribution < 1.29 is 14.1 Å². The fraction of sp³-hybridized carbons (Fsp3) is 0.389. The van der Waals surface area contributed by atoms with E-state index in [0.717, 1.165) is 29.9 Å². The molecule has 1 aliphatic rings. The van der Waals surface area contributed by atoms with Crippen LogP contribution in [0.3, 0.4) is 0 Å². The molecule has 2 N–H and O–H groups in total. The number of hydrogen-bond acceptors (Lipinski definition) is 4. The van der Waals surface area contributed by atoms with Gasteiger partial charge in [0.15, 0.2) is 0 Å². The number of urea groups is 1. The average molecular weight is 377 g/mol. The first-order valence-electron chi connectivity index (χ1n) is 8.52. The van der Waals surface area contributed by atoms with Gasteiger partial charge in [-0.2, -0.15) is 0 Å². The van der Waals surface area contributed by atoms with E-state index in [9.17, 15) is 9.59 Å². The molecule has 8 heteroatoms. The highest BCUT2D eigenvalue weighted by atomic mass is 35.5. The van der Waals surface area contributed by atoms with Crippen molar-refractivity contribution in [2.45, 2.75) is 32.4 Å². The Morgan fingerprint density at radius 2 is 2.08 bits per heavy atom. The largest absolute Gasteiger partial charge is 0.361 e. The number of hydrogen-bond donors (Lipinski definition) is 2. The van der Waals surface area contributed by atoms with Crippen LogP contribution in [-0.2, 0) is 11.3 Å². The zero-order chi connectivity index (χ0) is 18.5. The second kappa shape index (κ2) is 8.23. The van der Waals surface area contributed by atoms with Gasteiger partial charge in [0.25, 0.3) is 0 Å². The third kappa shape index (κ3) is 4.54. The minimum atomic E-state index is -0.388. The fourth-order valence-electron chi connectivity index (χ4n) is 3.02. The van der Waals surface area contributed by atoms with Gasteiger partial charge < -0.3 is 20.1 Å². The van der Waals surface area contributed by atoms with Gasteiger partial charge in [-0.25, -0.2) is 4.79 Å². The van der Waals surface area contributed by atoms with Crippen molar-refractivity contribution in [1.82, 2.24) is 20.7 Å². The summed E-state index contributed by atoms with van der Waals surface area (Å²) in [5.74, 6) is 0.591. The summed E-state index contributed by atoms with van der Waals surface area (Å²) in [6.07, 6.45) is 1.76. The van der Waals surface area contributed by atoms with Crippen LogP contribution in [0.25, 0.3) is 0 Å². The van der Waals surface area contributed by atoms with Crippen molar-refractivity contribution in [3.8, 4) is 0 Å². The topological polar surface area (TPSA) is 87.5 Å². The number of likely N-dealkylation sites (tertiary alicyclic amines) is 1. The Morgan fingerprint density at radius 1 is 1.31 bits per heavy atom. The van der Waals surface area contributed by atoms with Crippen LogP contribution in [-0.4, -0.2) is 35.1 Å². The molecule has 3 amide bonds. The summed E-state index contributed by atoms with van der Waals surface area (Å²) in [5, 5.41) is 9.99. The predicted molar refractivity (Wildman–Crippen MR) is 96.6 cm³/mol. The molecule has 0 spiro atoms. The zero-order valence-corrected chi connectivity index (χ0v) is 15.3. The van der Waals surface area contributed by atoms with E-state index < -0.39 is 0 Å². The van der Waals surface area contributed by atoms with Crippen molar-refractivity contribution in [2.75, 3.05) is 13.1 Å². The Morgan fingerprint density at radius 3 is 2.77 bits per heavy atom. The maximum absolute atomic E-state index is 12.5. The van der Waals surface area contributed by atoms with E-state index in [2.05, 4.69) is 15.8 Å². The summed E-state index contributed by atoms with van der Waals surface area (Å²) >= 11 is 5.83. The van der Waals surface area contributed by atoms with E-state index in [1.807, 2.05) is 25.1 Å². The minimum absolute atomic E-state index is 0.0558. The van der Waals surface area contributed by atoms with E-state index in [-0.39, 0.29) is 24.5 Å². The highest BCUT2D eigenvalue weighted by Crippen LogP contribution is 2.31. The molecule has 7 nitrogen and oxygen atoms in total. The van der Waals surface area contributed by atoms with Gasteiger partial charge in [0, 0.05) is 24.2 Å². The molecule has 1 aromatic heterocycles. The molecule has 1 aliphatic heterocycles. The van der Waals surface area contributed by atoms with Crippen LogP contribution in [0.5, 0.6) is 0 Å². The quantitative estimate of drug-likeness (QED) is 0.839. The Balaban J connectivity index is 1.46. The third-order valence-corrected chi connectivity index (χ3v) is 4.58. The highest BCUT2D eigenvalue weighted by Gasteiger charge is 2.31. The van der Waals surface area contributed by atoms with E-state index in [0.29, 0.717) is 18.1 Å². The number of nitrogens with zero attached hydrogens (tertiary/aromatic N) is 2. The average Bonchev–Trinajstić information content (AvgIpc) is 3.27. The molecule has 0 saturated carbocycles. The second-order valence-electron chi connectivity index (χ2n) is 6.27. The number of carbonyl (C=O) groups excluding carboxylic acids is 2. The number of halogens is 1. The Bertz CT molecular complexity index is 775. The summed E-state index contributed by atoms with van der Waals surface area (Å²) in [6.45, 7) is 2.79. The predicted octanol–water partition coefficient (Wildman–Crippen LogP) is 2.80. The first kappa shape index (κ1) is 18.3. The molecular formula is C18H21ClN4O3. The van der Waals surface area contributed by atoms with E-state index >= 15 is 0 Å². The molecule has 0 aliphatic carbocycles. The lowest BCUT2D eigenvalue weighted by molar-refractivity contribution is -0.131. The van der Waals surface area contributed by atoms with Gasteiger partial charge in [-0.3, -0.25) is 4.79 Å². The van der Waals surface area contributed by atoms with E-state index in [1.165, 1.54) is 0 Å². The summed E-state index contributed by atoms with van der Waals surface area (Å²) < 4.78 is 5.11. The number of aryl methyl sites for hydroxylation is 1. The van der Waals surface area contributed by atoms with Crippen LogP contribution in [0.1, 0.15) is 35.9 Å². The smallest absolute Gasteiger partial charge is 0.315 e. The zero-order valence-electron chi connectivity index (χ0n) is 14.5.